The molecule has 1 aliphatic rings. The number of ether oxygens (including phenoxy) is 2. The van der Waals surface area contributed by atoms with Crippen LogP contribution < -0.4 is 5.73 Å². The zero-order chi connectivity index (χ0) is 13.2. The van der Waals surface area contributed by atoms with Gasteiger partial charge in [0.1, 0.15) is 5.60 Å². The Morgan fingerprint density at radius 3 is 2.29 bits per heavy atom. The third-order valence-corrected chi connectivity index (χ3v) is 3.67. The molecule has 0 saturated carbocycles. The molecule has 0 bridgehead atoms. The maximum atomic E-state index is 6.33. The lowest BCUT2D eigenvalue weighted by atomic mass is 9.82. The molecule has 3 nitrogen and oxygen atoms in total. The van der Waals surface area contributed by atoms with Gasteiger partial charge >= 0.3 is 0 Å². The van der Waals surface area contributed by atoms with Crippen molar-refractivity contribution < 1.29 is 9.47 Å². The summed E-state index contributed by atoms with van der Waals surface area (Å²) in [5.74, 6) is 0.924. The van der Waals surface area contributed by atoms with Gasteiger partial charge in [-0.3, -0.25) is 0 Å². The first kappa shape index (κ1) is 14.7. The molecule has 0 aliphatic carbocycles. The molecule has 2 N–H and O–H groups in total. The molecule has 100 valence electrons. The fraction of sp³-hybridized carbons (Fsp3) is 0.857. The minimum atomic E-state index is -0.548. The standard InChI is InChI=1S/C14H27NO2/c1-7-14(16-6)12(15)11(8-9(2)3)17-13(14)10(4)5/h7,9-13H,1,8,15H2,2-6H3/t11-,12-,13+,14-/m1/s1. The summed E-state index contributed by atoms with van der Waals surface area (Å²) in [4.78, 5) is 0. The fourth-order valence-electron chi connectivity index (χ4n) is 2.79. The van der Waals surface area contributed by atoms with Gasteiger partial charge in [-0.15, -0.1) is 6.58 Å². The molecule has 4 atom stereocenters. The molecule has 17 heavy (non-hydrogen) atoms. The summed E-state index contributed by atoms with van der Waals surface area (Å²) in [5.41, 5.74) is 5.79. The Labute approximate surface area is 105 Å². The highest BCUT2D eigenvalue weighted by Gasteiger charge is 2.54. The van der Waals surface area contributed by atoms with Crippen molar-refractivity contribution in [3.63, 3.8) is 0 Å². The van der Waals surface area contributed by atoms with E-state index in [0.29, 0.717) is 11.8 Å². The van der Waals surface area contributed by atoms with Crippen molar-refractivity contribution in [1.82, 2.24) is 0 Å². The Morgan fingerprint density at radius 2 is 2.00 bits per heavy atom. The monoisotopic (exact) mass is 241 g/mol. The van der Waals surface area contributed by atoms with Crippen LogP contribution in [0.3, 0.4) is 0 Å². The smallest absolute Gasteiger partial charge is 0.129 e. The van der Waals surface area contributed by atoms with Crippen LogP contribution in [-0.2, 0) is 9.47 Å². The van der Waals surface area contributed by atoms with Crippen LogP contribution in [0.25, 0.3) is 0 Å². The van der Waals surface area contributed by atoms with Gasteiger partial charge in [0.15, 0.2) is 0 Å². The molecule has 1 heterocycles. The van der Waals surface area contributed by atoms with E-state index in [1.165, 1.54) is 0 Å². The third kappa shape index (κ3) is 2.56. The number of rotatable bonds is 5. The lowest BCUT2D eigenvalue weighted by Crippen LogP contribution is -2.54. The van der Waals surface area contributed by atoms with Gasteiger partial charge in [0.05, 0.1) is 18.2 Å². The average molecular weight is 241 g/mol. The van der Waals surface area contributed by atoms with E-state index in [1.807, 2.05) is 6.08 Å². The van der Waals surface area contributed by atoms with Crippen LogP contribution in [0.4, 0.5) is 0 Å². The molecule has 0 radical (unpaired) electrons. The van der Waals surface area contributed by atoms with Gasteiger partial charge in [0, 0.05) is 7.11 Å². The van der Waals surface area contributed by atoms with Crippen molar-refractivity contribution >= 4 is 0 Å². The van der Waals surface area contributed by atoms with E-state index in [0.717, 1.165) is 6.42 Å². The first-order valence-electron chi connectivity index (χ1n) is 6.48. The van der Waals surface area contributed by atoms with Crippen LogP contribution in [0, 0.1) is 11.8 Å². The molecule has 1 aliphatic heterocycles. The number of hydrogen-bond acceptors (Lipinski definition) is 3. The van der Waals surface area contributed by atoms with E-state index in [-0.39, 0.29) is 18.2 Å². The van der Waals surface area contributed by atoms with Crippen LogP contribution in [-0.4, -0.2) is 31.0 Å². The Balaban J connectivity index is 2.96. The highest BCUT2D eigenvalue weighted by molar-refractivity contribution is 5.16. The quantitative estimate of drug-likeness (QED) is 0.751. The molecule has 1 rings (SSSR count). The molecule has 0 aromatic rings. The minimum absolute atomic E-state index is 0.0104. The van der Waals surface area contributed by atoms with E-state index < -0.39 is 5.60 Å². The molecular weight excluding hydrogens is 214 g/mol. The Hall–Kier alpha value is -0.380. The van der Waals surface area contributed by atoms with E-state index >= 15 is 0 Å². The van der Waals surface area contributed by atoms with E-state index in [4.69, 9.17) is 15.2 Å². The normalized spacial score (nSPS) is 38.0. The van der Waals surface area contributed by atoms with Crippen molar-refractivity contribution in [2.45, 2.75) is 58.0 Å². The molecule has 0 spiro atoms. The number of nitrogens with two attached hydrogens (primary N) is 1. The summed E-state index contributed by atoms with van der Waals surface area (Å²) in [6, 6.07) is -0.139. The van der Waals surface area contributed by atoms with Crippen molar-refractivity contribution in [3.05, 3.63) is 12.7 Å². The second kappa shape index (κ2) is 5.51. The third-order valence-electron chi connectivity index (χ3n) is 3.67. The Morgan fingerprint density at radius 1 is 1.41 bits per heavy atom. The van der Waals surface area contributed by atoms with Gasteiger partial charge in [0.2, 0.25) is 0 Å². The molecule has 1 fully saturated rings. The van der Waals surface area contributed by atoms with Crippen molar-refractivity contribution in [3.8, 4) is 0 Å². The molecule has 0 aromatic heterocycles. The molecule has 0 unspecified atom stereocenters. The topological polar surface area (TPSA) is 44.5 Å². The van der Waals surface area contributed by atoms with Crippen LogP contribution in [0.1, 0.15) is 34.1 Å². The predicted molar refractivity (Wildman–Crippen MR) is 70.9 cm³/mol. The van der Waals surface area contributed by atoms with Gasteiger partial charge in [-0.1, -0.05) is 33.8 Å². The van der Waals surface area contributed by atoms with Crippen molar-refractivity contribution in [1.29, 1.82) is 0 Å². The van der Waals surface area contributed by atoms with Crippen molar-refractivity contribution in [2.75, 3.05) is 7.11 Å². The minimum Gasteiger partial charge on any atom is -0.370 e. The fourth-order valence-corrected chi connectivity index (χ4v) is 2.79. The molecule has 1 saturated heterocycles. The van der Waals surface area contributed by atoms with Gasteiger partial charge < -0.3 is 15.2 Å². The first-order valence-corrected chi connectivity index (χ1v) is 6.48. The summed E-state index contributed by atoms with van der Waals surface area (Å²) in [6.07, 6.45) is 2.83. The average Bonchev–Trinajstić information content (AvgIpc) is 2.53. The van der Waals surface area contributed by atoms with E-state index in [9.17, 15) is 0 Å². The molecule has 0 amide bonds. The Kier molecular flexibility index (Phi) is 4.76. The summed E-state index contributed by atoms with van der Waals surface area (Å²) >= 11 is 0. The SMILES string of the molecule is C=C[C@@]1(OC)[C@H](N)[C@@H](CC(C)C)O[C@H]1C(C)C. The second-order valence-electron chi connectivity index (χ2n) is 5.76. The summed E-state index contributed by atoms with van der Waals surface area (Å²) in [6.45, 7) is 12.5. The summed E-state index contributed by atoms with van der Waals surface area (Å²) in [7, 11) is 1.69. The maximum absolute atomic E-state index is 6.33. The largest absolute Gasteiger partial charge is 0.370 e. The highest BCUT2D eigenvalue weighted by Crippen LogP contribution is 2.39. The lowest BCUT2D eigenvalue weighted by Gasteiger charge is -2.34. The van der Waals surface area contributed by atoms with Crippen LogP contribution in [0.5, 0.6) is 0 Å². The Bertz CT molecular complexity index is 265. The van der Waals surface area contributed by atoms with Gasteiger partial charge in [-0.2, -0.15) is 0 Å². The second-order valence-corrected chi connectivity index (χ2v) is 5.76. The maximum Gasteiger partial charge on any atom is 0.129 e. The molecule has 0 aromatic carbocycles. The number of methoxy groups -OCH3 is 1. The predicted octanol–water partition coefficient (Wildman–Crippen LogP) is 2.35. The first-order chi connectivity index (χ1) is 7.89. The summed E-state index contributed by atoms with van der Waals surface area (Å²) in [5, 5.41) is 0. The van der Waals surface area contributed by atoms with Crippen LogP contribution >= 0.6 is 0 Å². The zero-order valence-corrected chi connectivity index (χ0v) is 11.8. The van der Waals surface area contributed by atoms with Crippen molar-refractivity contribution in [2.24, 2.45) is 17.6 Å². The van der Waals surface area contributed by atoms with Crippen LogP contribution in [0.15, 0.2) is 12.7 Å². The highest BCUT2D eigenvalue weighted by atomic mass is 16.6. The summed E-state index contributed by atoms with van der Waals surface area (Å²) < 4.78 is 11.8. The van der Waals surface area contributed by atoms with Crippen LogP contribution in [0.2, 0.25) is 0 Å². The van der Waals surface area contributed by atoms with E-state index in [2.05, 4.69) is 34.3 Å². The van der Waals surface area contributed by atoms with E-state index in [1.54, 1.807) is 7.11 Å². The van der Waals surface area contributed by atoms with Gasteiger partial charge in [0.25, 0.3) is 0 Å². The number of hydrogen-bond donors (Lipinski definition) is 1. The zero-order valence-electron chi connectivity index (χ0n) is 11.8. The van der Waals surface area contributed by atoms with Gasteiger partial charge in [-0.05, 0) is 18.3 Å². The molecule has 3 heteroatoms. The lowest BCUT2D eigenvalue weighted by molar-refractivity contribution is -0.0690. The van der Waals surface area contributed by atoms with Gasteiger partial charge in [-0.25, -0.2) is 0 Å². The molecular formula is C14H27NO2.